The Morgan fingerprint density at radius 2 is 2.04 bits per heavy atom. The van der Waals surface area contributed by atoms with E-state index in [1.165, 1.54) is 0 Å². The highest BCUT2D eigenvalue weighted by atomic mass is 16.5. The van der Waals surface area contributed by atoms with E-state index in [0.717, 1.165) is 44.2 Å². The molecule has 1 aliphatic heterocycles. The van der Waals surface area contributed by atoms with Gasteiger partial charge in [0.1, 0.15) is 11.3 Å². The number of amides is 1. The van der Waals surface area contributed by atoms with Gasteiger partial charge in [0.25, 0.3) is 0 Å². The molecule has 0 aromatic heterocycles. The Labute approximate surface area is 155 Å². The van der Waals surface area contributed by atoms with Gasteiger partial charge in [-0.25, -0.2) is 4.79 Å². The van der Waals surface area contributed by atoms with Gasteiger partial charge in [-0.2, -0.15) is 0 Å². The molecule has 2 rings (SSSR count). The fourth-order valence-electron chi connectivity index (χ4n) is 2.83. The highest BCUT2D eigenvalue weighted by Gasteiger charge is 2.20. The van der Waals surface area contributed by atoms with Gasteiger partial charge in [0.05, 0.1) is 19.3 Å². The highest BCUT2D eigenvalue weighted by Crippen LogP contribution is 2.22. The van der Waals surface area contributed by atoms with Crippen LogP contribution in [0.2, 0.25) is 0 Å². The van der Waals surface area contributed by atoms with Crippen molar-refractivity contribution in [2.75, 3.05) is 19.8 Å². The third-order valence-electron chi connectivity index (χ3n) is 4.25. The molecule has 0 spiro atoms. The van der Waals surface area contributed by atoms with Crippen molar-refractivity contribution < 1.29 is 19.1 Å². The lowest BCUT2D eigenvalue weighted by Crippen LogP contribution is -2.42. The van der Waals surface area contributed by atoms with Gasteiger partial charge in [-0.3, -0.25) is 4.79 Å². The van der Waals surface area contributed by atoms with Crippen molar-refractivity contribution in [3.8, 4) is 5.75 Å². The molecule has 1 aliphatic rings. The Bertz CT molecular complexity index is 603. The van der Waals surface area contributed by atoms with Crippen LogP contribution in [-0.2, 0) is 16.1 Å². The molecule has 0 bridgehead atoms. The number of rotatable bonds is 9. The smallest absolute Gasteiger partial charge is 0.341 e. The van der Waals surface area contributed by atoms with Crippen molar-refractivity contribution in [3.05, 3.63) is 29.3 Å². The number of carbonyl (C=O) groups is 2. The molecule has 0 radical (unpaired) electrons. The maximum absolute atomic E-state index is 12.4. The summed E-state index contributed by atoms with van der Waals surface area (Å²) in [5.74, 6) is 0.226. The third-order valence-corrected chi connectivity index (χ3v) is 4.25. The molecule has 1 aromatic rings. The summed E-state index contributed by atoms with van der Waals surface area (Å²) < 4.78 is 11.0. The number of hydrogen-bond acceptors (Lipinski definition) is 5. The summed E-state index contributed by atoms with van der Waals surface area (Å²) in [7, 11) is 0. The summed E-state index contributed by atoms with van der Waals surface area (Å²) >= 11 is 0. The summed E-state index contributed by atoms with van der Waals surface area (Å²) in [5, 5.41) is 6.22. The molecule has 1 atom stereocenters. The van der Waals surface area contributed by atoms with Crippen LogP contribution in [0.5, 0.6) is 5.75 Å². The molecule has 6 nitrogen and oxygen atoms in total. The van der Waals surface area contributed by atoms with Crippen LogP contribution in [0.1, 0.15) is 61.9 Å². The van der Waals surface area contributed by atoms with Gasteiger partial charge in [-0.15, -0.1) is 0 Å². The van der Waals surface area contributed by atoms with Crippen molar-refractivity contribution in [1.82, 2.24) is 10.6 Å². The first kappa shape index (κ1) is 20.2. The first-order valence-corrected chi connectivity index (χ1v) is 9.59. The minimum atomic E-state index is -0.369. The van der Waals surface area contributed by atoms with Gasteiger partial charge in [-0.1, -0.05) is 19.9 Å². The predicted molar refractivity (Wildman–Crippen MR) is 100 cm³/mol. The monoisotopic (exact) mass is 362 g/mol. The lowest BCUT2D eigenvalue weighted by Gasteiger charge is -2.16. The molecule has 1 heterocycles. The zero-order chi connectivity index (χ0) is 18.8. The van der Waals surface area contributed by atoms with Crippen molar-refractivity contribution in [3.63, 3.8) is 0 Å². The first-order chi connectivity index (χ1) is 12.7. The molecule has 1 saturated heterocycles. The lowest BCUT2D eigenvalue weighted by molar-refractivity contribution is -0.122. The number of hydrogen-bond donors (Lipinski definition) is 2. The molecule has 2 N–H and O–H groups in total. The fraction of sp³-hybridized carbons (Fsp3) is 0.600. The fourth-order valence-corrected chi connectivity index (χ4v) is 2.83. The van der Waals surface area contributed by atoms with Crippen molar-refractivity contribution >= 4 is 11.9 Å². The van der Waals surface area contributed by atoms with Crippen LogP contribution in [0.4, 0.5) is 0 Å². The summed E-state index contributed by atoms with van der Waals surface area (Å²) in [4.78, 5) is 24.4. The Hall–Kier alpha value is -2.08. The van der Waals surface area contributed by atoms with E-state index in [9.17, 15) is 9.59 Å². The first-order valence-electron chi connectivity index (χ1n) is 9.59. The van der Waals surface area contributed by atoms with Gasteiger partial charge >= 0.3 is 5.97 Å². The van der Waals surface area contributed by atoms with Crippen LogP contribution in [0, 0.1) is 0 Å². The van der Waals surface area contributed by atoms with E-state index in [0.29, 0.717) is 31.1 Å². The highest BCUT2D eigenvalue weighted by molar-refractivity contribution is 5.92. The molecule has 0 saturated carbocycles. The predicted octanol–water partition coefficient (Wildman–Crippen LogP) is 2.80. The molecule has 26 heavy (non-hydrogen) atoms. The van der Waals surface area contributed by atoms with E-state index in [1.54, 1.807) is 6.07 Å². The largest absolute Gasteiger partial charge is 0.493 e. The average molecular weight is 362 g/mol. The normalized spacial score (nSPS) is 17.3. The zero-order valence-corrected chi connectivity index (χ0v) is 15.8. The molecule has 0 unspecified atom stereocenters. The van der Waals surface area contributed by atoms with Crippen LogP contribution in [-0.4, -0.2) is 37.7 Å². The van der Waals surface area contributed by atoms with Gasteiger partial charge in [-0.05, 0) is 49.8 Å². The molecule has 144 valence electrons. The second-order valence-corrected chi connectivity index (χ2v) is 6.54. The van der Waals surface area contributed by atoms with Crippen LogP contribution in [0.3, 0.4) is 0 Å². The molecule has 1 amide bonds. The van der Waals surface area contributed by atoms with Gasteiger partial charge in [0, 0.05) is 13.1 Å². The number of benzene rings is 1. The van der Waals surface area contributed by atoms with E-state index in [-0.39, 0.29) is 17.9 Å². The van der Waals surface area contributed by atoms with E-state index in [4.69, 9.17) is 9.47 Å². The summed E-state index contributed by atoms with van der Waals surface area (Å²) in [6.07, 6.45) is 4.50. The number of carbonyl (C=O) groups excluding carboxylic acids is 2. The molecule has 1 aromatic carbocycles. The van der Waals surface area contributed by atoms with Crippen LogP contribution >= 0.6 is 0 Å². The Balaban J connectivity index is 2.07. The van der Waals surface area contributed by atoms with Gasteiger partial charge in [0.15, 0.2) is 0 Å². The Kier molecular flexibility index (Phi) is 8.41. The third kappa shape index (κ3) is 6.02. The topological polar surface area (TPSA) is 76.7 Å². The van der Waals surface area contributed by atoms with Crippen molar-refractivity contribution in [1.29, 1.82) is 0 Å². The number of nitrogens with one attached hydrogen (secondary N) is 2. The Morgan fingerprint density at radius 1 is 1.23 bits per heavy atom. The number of esters is 1. The van der Waals surface area contributed by atoms with E-state index in [1.807, 2.05) is 26.0 Å². The minimum absolute atomic E-state index is 0.0491. The van der Waals surface area contributed by atoms with Crippen LogP contribution < -0.4 is 15.4 Å². The second kappa shape index (κ2) is 10.8. The summed E-state index contributed by atoms with van der Waals surface area (Å²) in [6, 6.07) is 5.33. The van der Waals surface area contributed by atoms with Gasteiger partial charge < -0.3 is 20.1 Å². The SMILES string of the molecule is CCCOC(=O)c1cc(CN[C@H]2CCCCNC2=O)ccc1OCCC. The number of ether oxygens (including phenoxy) is 2. The lowest BCUT2D eigenvalue weighted by atomic mass is 10.1. The molecular formula is C20H30N2O4. The average Bonchev–Trinajstić information content (AvgIpc) is 2.87. The van der Waals surface area contributed by atoms with Crippen LogP contribution in [0.15, 0.2) is 18.2 Å². The van der Waals surface area contributed by atoms with Crippen molar-refractivity contribution in [2.45, 2.75) is 58.5 Å². The maximum atomic E-state index is 12.4. The standard InChI is InChI=1S/C20H30N2O4/c1-3-11-25-18-9-8-15(13-16(18)20(24)26-12-4-2)14-22-17-7-5-6-10-21-19(17)23/h8-9,13,17,22H,3-7,10-12,14H2,1-2H3,(H,21,23)/t17-/m0/s1. The van der Waals surface area contributed by atoms with E-state index < -0.39 is 0 Å². The van der Waals surface area contributed by atoms with E-state index >= 15 is 0 Å². The molecule has 0 aliphatic carbocycles. The zero-order valence-electron chi connectivity index (χ0n) is 15.8. The summed E-state index contributed by atoms with van der Waals surface area (Å²) in [6.45, 7) is 6.17. The van der Waals surface area contributed by atoms with Crippen molar-refractivity contribution in [2.24, 2.45) is 0 Å². The molecular weight excluding hydrogens is 332 g/mol. The molecule has 1 fully saturated rings. The van der Waals surface area contributed by atoms with Crippen LogP contribution in [0.25, 0.3) is 0 Å². The Morgan fingerprint density at radius 3 is 2.81 bits per heavy atom. The quantitative estimate of drug-likeness (QED) is 0.661. The van der Waals surface area contributed by atoms with Gasteiger partial charge in [0.2, 0.25) is 5.91 Å². The maximum Gasteiger partial charge on any atom is 0.341 e. The molecule has 6 heteroatoms. The summed E-state index contributed by atoms with van der Waals surface area (Å²) in [5.41, 5.74) is 1.37. The second-order valence-electron chi connectivity index (χ2n) is 6.54. The van der Waals surface area contributed by atoms with E-state index in [2.05, 4.69) is 10.6 Å². The minimum Gasteiger partial charge on any atom is -0.493 e.